The molecule has 2 rings (SSSR count). The van der Waals surface area contributed by atoms with Gasteiger partial charge in [-0.1, -0.05) is 12.1 Å². The molecule has 5 nitrogen and oxygen atoms in total. The Balaban J connectivity index is 1.92. The third-order valence-corrected chi connectivity index (χ3v) is 3.35. The first-order valence-electron chi connectivity index (χ1n) is 6.92. The van der Waals surface area contributed by atoms with E-state index in [0.717, 1.165) is 11.8 Å². The Morgan fingerprint density at radius 1 is 1.43 bits per heavy atom. The van der Waals surface area contributed by atoms with Crippen molar-refractivity contribution in [3.63, 3.8) is 0 Å². The van der Waals surface area contributed by atoms with Gasteiger partial charge in [0.2, 0.25) is 0 Å². The van der Waals surface area contributed by atoms with Crippen molar-refractivity contribution in [2.45, 2.75) is 26.6 Å². The van der Waals surface area contributed by atoms with Gasteiger partial charge in [0.1, 0.15) is 11.6 Å². The summed E-state index contributed by atoms with van der Waals surface area (Å²) in [5.41, 5.74) is 1.24. The molecule has 0 aliphatic heterocycles. The second-order valence-corrected chi connectivity index (χ2v) is 5.13. The Bertz CT molecular complexity index is 687. The van der Waals surface area contributed by atoms with Gasteiger partial charge in [-0.05, 0) is 24.1 Å². The SMILES string of the molecule is Cc1cc(CNC(=O)N(C)Cc2nccn2C(F)F)ccc1F. The van der Waals surface area contributed by atoms with E-state index in [1.54, 1.807) is 19.1 Å². The Morgan fingerprint density at radius 3 is 2.83 bits per heavy atom. The van der Waals surface area contributed by atoms with Crippen molar-refractivity contribution in [2.24, 2.45) is 0 Å². The highest BCUT2D eigenvalue weighted by molar-refractivity contribution is 5.73. The van der Waals surface area contributed by atoms with Crippen LogP contribution < -0.4 is 5.32 Å². The maximum absolute atomic E-state index is 13.2. The molecule has 8 heteroatoms. The van der Waals surface area contributed by atoms with Gasteiger partial charge < -0.3 is 10.2 Å². The van der Waals surface area contributed by atoms with Gasteiger partial charge >= 0.3 is 12.6 Å². The highest BCUT2D eigenvalue weighted by atomic mass is 19.3. The molecular formula is C15H17F3N4O. The first kappa shape index (κ1) is 16.9. The zero-order chi connectivity index (χ0) is 17.0. The van der Waals surface area contributed by atoms with Crippen LogP contribution in [0.2, 0.25) is 0 Å². The van der Waals surface area contributed by atoms with E-state index < -0.39 is 12.6 Å². The first-order valence-corrected chi connectivity index (χ1v) is 6.92. The fourth-order valence-corrected chi connectivity index (χ4v) is 2.06. The Kier molecular flexibility index (Phi) is 5.25. The Morgan fingerprint density at radius 2 is 2.17 bits per heavy atom. The van der Waals surface area contributed by atoms with E-state index >= 15 is 0 Å². The van der Waals surface area contributed by atoms with Crippen LogP contribution in [0.3, 0.4) is 0 Å². The van der Waals surface area contributed by atoms with Gasteiger partial charge in [-0.15, -0.1) is 0 Å². The van der Waals surface area contributed by atoms with Crippen molar-refractivity contribution in [1.29, 1.82) is 0 Å². The van der Waals surface area contributed by atoms with Crippen LogP contribution >= 0.6 is 0 Å². The third kappa shape index (κ3) is 4.24. The summed E-state index contributed by atoms with van der Waals surface area (Å²) in [6.45, 7) is -0.901. The summed E-state index contributed by atoms with van der Waals surface area (Å²) in [6.07, 6.45) is 2.42. The standard InChI is InChI=1S/C15H17F3N4O/c1-10-7-11(3-4-12(10)16)8-20-15(23)21(2)9-13-19-5-6-22(13)14(17)18/h3-7,14H,8-9H2,1-2H3,(H,20,23). The smallest absolute Gasteiger partial charge is 0.319 e. The van der Waals surface area contributed by atoms with E-state index in [0.29, 0.717) is 10.1 Å². The van der Waals surface area contributed by atoms with Gasteiger partial charge in [0.25, 0.3) is 0 Å². The number of carbonyl (C=O) groups is 1. The Labute approximate surface area is 131 Å². The molecule has 0 saturated carbocycles. The van der Waals surface area contributed by atoms with Crippen LogP contribution in [0.1, 0.15) is 23.5 Å². The van der Waals surface area contributed by atoms with Crippen molar-refractivity contribution in [3.8, 4) is 0 Å². The van der Waals surface area contributed by atoms with Gasteiger partial charge in [-0.2, -0.15) is 8.78 Å². The summed E-state index contributed by atoms with van der Waals surface area (Å²) < 4.78 is 39.3. The number of hydrogen-bond donors (Lipinski definition) is 1. The van der Waals surface area contributed by atoms with E-state index in [4.69, 9.17) is 0 Å². The fourth-order valence-electron chi connectivity index (χ4n) is 2.06. The molecule has 0 bridgehead atoms. The van der Waals surface area contributed by atoms with Gasteiger partial charge in [-0.25, -0.2) is 14.2 Å². The highest BCUT2D eigenvalue weighted by Crippen LogP contribution is 2.13. The normalized spacial score (nSPS) is 10.9. The lowest BCUT2D eigenvalue weighted by atomic mass is 10.1. The number of halogens is 3. The molecule has 1 aromatic carbocycles. The van der Waals surface area contributed by atoms with E-state index in [2.05, 4.69) is 10.3 Å². The van der Waals surface area contributed by atoms with Crippen molar-refractivity contribution in [2.75, 3.05) is 7.05 Å². The minimum absolute atomic E-state index is 0.0500. The van der Waals surface area contributed by atoms with Crippen LogP contribution in [0.4, 0.5) is 18.0 Å². The number of aryl methyl sites for hydroxylation is 1. The average Bonchev–Trinajstić information content (AvgIpc) is 2.96. The molecule has 1 N–H and O–H groups in total. The maximum Gasteiger partial charge on any atom is 0.319 e. The van der Waals surface area contributed by atoms with Gasteiger partial charge in [-0.3, -0.25) is 4.57 Å². The molecule has 0 radical (unpaired) electrons. The Hall–Kier alpha value is -2.51. The number of nitrogens with zero attached hydrogens (tertiary/aromatic N) is 3. The number of aromatic nitrogens is 2. The minimum atomic E-state index is -2.70. The number of imidazole rings is 1. The molecule has 0 aliphatic carbocycles. The molecule has 124 valence electrons. The van der Waals surface area contributed by atoms with Crippen LogP contribution in [-0.4, -0.2) is 27.5 Å². The summed E-state index contributed by atoms with van der Waals surface area (Å²) in [5.74, 6) is -0.216. The minimum Gasteiger partial charge on any atom is -0.334 e. The van der Waals surface area contributed by atoms with Crippen molar-refractivity contribution < 1.29 is 18.0 Å². The van der Waals surface area contributed by atoms with Crippen LogP contribution in [0.15, 0.2) is 30.6 Å². The topological polar surface area (TPSA) is 50.2 Å². The van der Waals surface area contributed by atoms with Crippen molar-refractivity contribution >= 4 is 6.03 Å². The molecule has 2 aromatic rings. The van der Waals surface area contributed by atoms with Crippen molar-refractivity contribution in [3.05, 3.63) is 53.4 Å². The van der Waals surface area contributed by atoms with E-state index in [9.17, 15) is 18.0 Å². The number of rotatable bonds is 5. The van der Waals surface area contributed by atoms with Gasteiger partial charge in [0.15, 0.2) is 0 Å². The van der Waals surface area contributed by atoms with E-state index in [1.165, 1.54) is 24.2 Å². The van der Waals surface area contributed by atoms with Gasteiger partial charge in [0.05, 0.1) is 6.54 Å². The number of benzene rings is 1. The maximum atomic E-state index is 13.2. The van der Waals surface area contributed by atoms with Crippen LogP contribution in [-0.2, 0) is 13.1 Å². The molecule has 0 saturated heterocycles. The fraction of sp³-hybridized carbons (Fsp3) is 0.333. The zero-order valence-electron chi connectivity index (χ0n) is 12.8. The molecule has 23 heavy (non-hydrogen) atoms. The summed E-state index contributed by atoms with van der Waals surface area (Å²) in [5, 5.41) is 2.65. The predicted octanol–water partition coefficient (Wildman–Crippen LogP) is 3.07. The molecule has 0 atom stereocenters. The number of urea groups is 1. The first-order chi connectivity index (χ1) is 10.9. The molecule has 0 spiro atoms. The summed E-state index contributed by atoms with van der Waals surface area (Å²) in [6, 6.07) is 4.11. The third-order valence-electron chi connectivity index (χ3n) is 3.35. The highest BCUT2D eigenvalue weighted by Gasteiger charge is 2.16. The van der Waals surface area contributed by atoms with Crippen LogP contribution in [0.5, 0.6) is 0 Å². The average molecular weight is 326 g/mol. The van der Waals surface area contributed by atoms with Crippen molar-refractivity contribution in [1.82, 2.24) is 19.8 Å². The molecule has 2 amide bonds. The number of amides is 2. The summed E-state index contributed by atoms with van der Waals surface area (Å²) in [7, 11) is 1.48. The lowest BCUT2D eigenvalue weighted by Crippen LogP contribution is -2.37. The predicted molar refractivity (Wildman–Crippen MR) is 78.3 cm³/mol. The molecule has 0 fully saturated rings. The molecular weight excluding hydrogens is 309 g/mol. The van der Waals surface area contributed by atoms with E-state index in [-0.39, 0.29) is 24.7 Å². The lowest BCUT2D eigenvalue weighted by molar-refractivity contribution is 0.0651. The second-order valence-electron chi connectivity index (χ2n) is 5.13. The molecule has 1 aromatic heterocycles. The lowest BCUT2D eigenvalue weighted by Gasteiger charge is -2.18. The van der Waals surface area contributed by atoms with Crippen LogP contribution in [0.25, 0.3) is 0 Å². The number of nitrogens with one attached hydrogen (secondary N) is 1. The quantitative estimate of drug-likeness (QED) is 0.918. The number of carbonyl (C=O) groups excluding carboxylic acids is 1. The largest absolute Gasteiger partial charge is 0.334 e. The monoisotopic (exact) mass is 326 g/mol. The zero-order valence-corrected chi connectivity index (χ0v) is 12.8. The van der Waals surface area contributed by atoms with Crippen LogP contribution in [0, 0.1) is 12.7 Å². The number of alkyl halides is 2. The molecule has 0 unspecified atom stereocenters. The van der Waals surface area contributed by atoms with E-state index in [1.807, 2.05) is 0 Å². The summed E-state index contributed by atoms with van der Waals surface area (Å²) >= 11 is 0. The molecule has 0 aliphatic rings. The summed E-state index contributed by atoms with van der Waals surface area (Å²) in [4.78, 5) is 17.1. The molecule has 1 heterocycles. The second kappa shape index (κ2) is 7.17. The number of hydrogen-bond acceptors (Lipinski definition) is 2. The van der Waals surface area contributed by atoms with Gasteiger partial charge in [0, 0.05) is 26.0 Å².